The fourth-order valence-corrected chi connectivity index (χ4v) is 3.46. The molecule has 20 heavy (non-hydrogen) atoms. The number of hydrogen-bond donors (Lipinski definition) is 0. The van der Waals surface area contributed by atoms with Gasteiger partial charge in [-0.1, -0.05) is 6.07 Å². The molecule has 0 saturated carbocycles. The summed E-state index contributed by atoms with van der Waals surface area (Å²) in [6.45, 7) is 5.02. The van der Waals surface area contributed by atoms with Crippen LogP contribution in [0, 0.1) is 5.41 Å². The molecule has 110 valence electrons. The van der Waals surface area contributed by atoms with E-state index in [1.54, 1.807) is 0 Å². The molecule has 0 unspecified atom stereocenters. The van der Waals surface area contributed by atoms with Crippen LogP contribution in [0.3, 0.4) is 0 Å². The molecule has 1 aromatic heterocycles. The number of rotatable bonds is 2. The topological polar surface area (TPSA) is 19.4 Å². The molecule has 0 aromatic carbocycles. The first-order valence-electron chi connectivity index (χ1n) is 6.79. The molecule has 6 heteroatoms. The maximum absolute atomic E-state index is 12.4. The van der Waals surface area contributed by atoms with Crippen molar-refractivity contribution in [3.63, 3.8) is 0 Å². The highest BCUT2D eigenvalue weighted by Crippen LogP contribution is 2.39. The molecule has 3 heterocycles. The molecular formula is C14H18F3N3. The van der Waals surface area contributed by atoms with Crippen LogP contribution in [0.15, 0.2) is 18.3 Å². The highest BCUT2D eigenvalue weighted by atomic mass is 19.4. The third-order valence-corrected chi connectivity index (χ3v) is 4.25. The second kappa shape index (κ2) is 4.70. The summed E-state index contributed by atoms with van der Waals surface area (Å²) in [5, 5.41) is 0. The van der Waals surface area contributed by atoms with Gasteiger partial charge in [0.05, 0.1) is 0 Å². The van der Waals surface area contributed by atoms with Crippen LogP contribution in [0.2, 0.25) is 0 Å². The molecule has 2 saturated heterocycles. The van der Waals surface area contributed by atoms with Gasteiger partial charge in [-0.25, -0.2) is 0 Å². The number of hydrogen-bond acceptors (Lipinski definition) is 3. The zero-order valence-electron chi connectivity index (χ0n) is 11.5. The number of likely N-dealkylation sites (tertiary alicyclic amines) is 2. The van der Waals surface area contributed by atoms with Crippen LogP contribution < -0.4 is 0 Å². The third-order valence-electron chi connectivity index (χ3n) is 4.25. The van der Waals surface area contributed by atoms with E-state index in [1.165, 1.54) is 18.7 Å². The van der Waals surface area contributed by atoms with Crippen molar-refractivity contribution < 1.29 is 13.2 Å². The first-order chi connectivity index (χ1) is 9.36. The van der Waals surface area contributed by atoms with E-state index < -0.39 is 11.9 Å². The van der Waals surface area contributed by atoms with E-state index in [9.17, 15) is 13.2 Å². The average Bonchev–Trinajstić information content (AvgIpc) is 2.72. The lowest BCUT2D eigenvalue weighted by molar-refractivity contribution is -0.141. The Hall–Kier alpha value is -1.14. The second-order valence-electron chi connectivity index (χ2n) is 6.18. The van der Waals surface area contributed by atoms with Crippen molar-refractivity contribution in [2.45, 2.75) is 19.1 Å². The molecule has 3 nitrogen and oxygen atoms in total. The molecule has 2 aliphatic heterocycles. The van der Waals surface area contributed by atoms with Gasteiger partial charge < -0.3 is 4.90 Å². The normalized spacial score (nSPS) is 23.2. The Labute approximate surface area is 116 Å². The van der Waals surface area contributed by atoms with E-state index >= 15 is 0 Å². The van der Waals surface area contributed by atoms with Gasteiger partial charge in [0.25, 0.3) is 0 Å². The number of pyridine rings is 1. The van der Waals surface area contributed by atoms with Crippen molar-refractivity contribution in [3.8, 4) is 0 Å². The van der Waals surface area contributed by atoms with Crippen LogP contribution in [0.1, 0.15) is 17.7 Å². The first kappa shape index (κ1) is 13.8. The van der Waals surface area contributed by atoms with E-state index in [2.05, 4.69) is 21.8 Å². The Bertz CT molecular complexity index is 477. The smallest absolute Gasteiger partial charge is 0.305 e. The van der Waals surface area contributed by atoms with Gasteiger partial charge in [0.15, 0.2) is 0 Å². The van der Waals surface area contributed by atoms with Gasteiger partial charge in [0.1, 0.15) is 5.69 Å². The zero-order chi connectivity index (χ0) is 14.4. The third kappa shape index (κ3) is 2.67. The summed E-state index contributed by atoms with van der Waals surface area (Å²) in [7, 11) is 2.12. The quantitative estimate of drug-likeness (QED) is 0.831. The Balaban J connectivity index is 1.59. The molecule has 2 aliphatic rings. The molecule has 1 aromatic rings. The van der Waals surface area contributed by atoms with Crippen LogP contribution in [-0.2, 0) is 12.7 Å². The molecule has 0 radical (unpaired) electrons. The minimum absolute atomic E-state index is 0.425. The lowest BCUT2D eigenvalue weighted by Gasteiger charge is -2.46. The summed E-state index contributed by atoms with van der Waals surface area (Å²) in [4.78, 5) is 8.14. The summed E-state index contributed by atoms with van der Waals surface area (Å²) in [5.41, 5.74) is 0.455. The molecule has 1 spiro atoms. The minimum atomic E-state index is -4.35. The Kier molecular flexibility index (Phi) is 3.25. The lowest BCUT2D eigenvalue weighted by atomic mass is 9.79. The van der Waals surface area contributed by atoms with Gasteiger partial charge in [-0.2, -0.15) is 13.2 Å². The fourth-order valence-electron chi connectivity index (χ4n) is 3.46. The van der Waals surface area contributed by atoms with Gasteiger partial charge in [-0.05, 0) is 31.6 Å². The van der Waals surface area contributed by atoms with Crippen LogP contribution in [0.25, 0.3) is 0 Å². The number of aromatic nitrogens is 1. The number of alkyl halides is 3. The molecule has 0 N–H and O–H groups in total. The molecule has 3 rings (SSSR count). The molecular weight excluding hydrogens is 267 g/mol. The summed E-state index contributed by atoms with van der Waals surface area (Å²) < 4.78 is 37.3. The maximum Gasteiger partial charge on any atom is 0.433 e. The SMILES string of the molecule is CN1CC2(CCN(Cc3ccc(C(F)(F)F)nc3)C2)C1. The van der Waals surface area contributed by atoms with Crippen LogP contribution in [0.5, 0.6) is 0 Å². The molecule has 0 aliphatic carbocycles. The second-order valence-corrected chi connectivity index (χ2v) is 6.18. The lowest BCUT2D eigenvalue weighted by Crippen LogP contribution is -2.55. The van der Waals surface area contributed by atoms with Gasteiger partial charge in [0, 0.05) is 37.8 Å². The largest absolute Gasteiger partial charge is 0.433 e. The summed E-state index contributed by atoms with van der Waals surface area (Å²) >= 11 is 0. The van der Waals surface area contributed by atoms with E-state index in [0.29, 0.717) is 12.0 Å². The van der Waals surface area contributed by atoms with E-state index in [0.717, 1.165) is 37.8 Å². The van der Waals surface area contributed by atoms with E-state index in [4.69, 9.17) is 0 Å². The summed E-state index contributed by atoms with van der Waals surface area (Å²) in [6, 6.07) is 2.60. The number of nitrogens with zero attached hydrogens (tertiary/aromatic N) is 3. The van der Waals surface area contributed by atoms with E-state index in [1.807, 2.05) is 0 Å². The van der Waals surface area contributed by atoms with Crippen molar-refractivity contribution in [2.75, 3.05) is 33.2 Å². The average molecular weight is 285 g/mol. The standard InChI is InChI=1S/C14H18F3N3/c1-19-8-13(9-19)4-5-20(10-13)7-11-2-3-12(18-6-11)14(15,16)17/h2-3,6H,4-5,7-10H2,1H3. The molecule has 0 bridgehead atoms. The predicted molar refractivity (Wildman–Crippen MR) is 69.1 cm³/mol. The Morgan fingerprint density at radius 1 is 1.25 bits per heavy atom. The van der Waals surface area contributed by atoms with Crippen molar-refractivity contribution in [1.82, 2.24) is 14.8 Å². The highest BCUT2D eigenvalue weighted by Gasteiger charge is 2.45. The Morgan fingerprint density at radius 3 is 2.55 bits per heavy atom. The van der Waals surface area contributed by atoms with Crippen molar-refractivity contribution >= 4 is 0 Å². The molecule has 0 amide bonds. The monoisotopic (exact) mass is 285 g/mol. The van der Waals surface area contributed by atoms with Gasteiger partial charge in [0.2, 0.25) is 0 Å². The van der Waals surface area contributed by atoms with E-state index in [-0.39, 0.29) is 0 Å². The predicted octanol–water partition coefficient (Wildman–Crippen LogP) is 2.24. The zero-order valence-corrected chi connectivity index (χ0v) is 11.5. The summed E-state index contributed by atoms with van der Waals surface area (Å²) in [5.74, 6) is 0. The minimum Gasteiger partial charge on any atom is -0.305 e. The molecule has 2 fully saturated rings. The van der Waals surface area contributed by atoms with Crippen LogP contribution in [-0.4, -0.2) is 48.0 Å². The Morgan fingerprint density at radius 2 is 2.00 bits per heavy atom. The highest BCUT2D eigenvalue weighted by molar-refractivity contribution is 5.16. The van der Waals surface area contributed by atoms with Crippen LogP contribution in [0.4, 0.5) is 13.2 Å². The fraction of sp³-hybridized carbons (Fsp3) is 0.643. The molecule has 0 atom stereocenters. The van der Waals surface area contributed by atoms with Gasteiger partial charge in [-0.3, -0.25) is 9.88 Å². The summed E-state index contributed by atoms with van der Waals surface area (Å²) in [6.07, 6.45) is -1.82. The van der Waals surface area contributed by atoms with Crippen LogP contribution >= 0.6 is 0 Å². The maximum atomic E-state index is 12.4. The van der Waals surface area contributed by atoms with Gasteiger partial charge in [-0.15, -0.1) is 0 Å². The number of halogens is 3. The van der Waals surface area contributed by atoms with Crippen molar-refractivity contribution in [3.05, 3.63) is 29.6 Å². The van der Waals surface area contributed by atoms with Crippen molar-refractivity contribution in [1.29, 1.82) is 0 Å². The van der Waals surface area contributed by atoms with Crippen molar-refractivity contribution in [2.24, 2.45) is 5.41 Å². The first-order valence-corrected chi connectivity index (χ1v) is 6.79. The van der Waals surface area contributed by atoms with Gasteiger partial charge >= 0.3 is 6.18 Å².